The van der Waals surface area contributed by atoms with Gasteiger partial charge in [-0.2, -0.15) is 10.4 Å². The van der Waals surface area contributed by atoms with Gasteiger partial charge in [0.25, 0.3) is 0 Å². The molecule has 7 heterocycles. The lowest BCUT2D eigenvalue weighted by atomic mass is 9.87. The van der Waals surface area contributed by atoms with E-state index >= 15 is 0 Å². The van der Waals surface area contributed by atoms with Gasteiger partial charge in [-0.3, -0.25) is 4.90 Å². The van der Waals surface area contributed by atoms with Crippen LogP contribution in [0.3, 0.4) is 0 Å². The van der Waals surface area contributed by atoms with Crippen molar-refractivity contribution in [2.45, 2.75) is 44.5 Å². The zero-order valence-corrected chi connectivity index (χ0v) is 23.3. The number of aromatic nitrogens is 4. The molecule has 0 aliphatic carbocycles. The number of rotatable bonds is 8. The van der Waals surface area contributed by atoms with Gasteiger partial charge in [0.1, 0.15) is 30.1 Å². The Labute approximate surface area is 234 Å². The average molecular weight is 539 g/mol. The summed E-state index contributed by atoms with van der Waals surface area (Å²) in [6.45, 7) is 6.33. The van der Waals surface area contributed by atoms with Crippen LogP contribution >= 0.6 is 0 Å². The van der Waals surface area contributed by atoms with Crippen LogP contribution in [0.15, 0.2) is 55.1 Å². The molecule has 2 atom stereocenters. The van der Waals surface area contributed by atoms with E-state index in [1.54, 1.807) is 30.8 Å². The highest BCUT2D eigenvalue weighted by Crippen LogP contribution is 2.36. The minimum absolute atomic E-state index is 0.133. The molecule has 3 fully saturated rings. The maximum Gasteiger partial charge on any atom is 0.138 e. The largest absolute Gasteiger partial charge is 0.489 e. The molecule has 2 unspecified atom stereocenters. The van der Waals surface area contributed by atoms with Gasteiger partial charge in [0.2, 0.25) is 0 Å². The van der Waals surface area contributed by atoms with E-state index in [4.69, 9.17) is 9.72 Å². The third-order valence-electron chi connectivity index (χ3n) is 7.66. The van der Waals surface area contributed by atoms with Crippen LogP contribution in [0.1, 0.15) is 31.4 Å². The maximum absolute atomic E-state index is 10.1. The van der Waals surface area contributed by atoms with E-state index in [9.17, 15) is 10.4 Å². The summed E-state index contributed by atoms with van der Waals surface area (Å²) in [6, 6.07) is 13.5. The average Bonchev–Trinajstić information content (AvgIpc) is 3.37. The van der Waals surface area contributed by atoms with Gasteiger partial charge in [-0.25, -0.2) is 14.5 Å². The molecular weight excluding hydrogens is 504 g/mol. The van der Waals surface area contributed by atoms with Gasteiger partial charge in [0.05, 0.1) is 29.1 Å². The molecule has 1 N–H and O–H groups in total. The molecule has 2 bridgehead atoms. The summed E-state index contributed by atoms with van der Waals surface area (Å²) in [6.07, 6.45) is 8.34. The molecule has 4 aromatic rings. The molecule has 0 spiro atoms. The van der Waals surface area contributed by atoms with Crippen molar-refractivity contribution in [2.24, 2.45) is 0 Å². The molecule has 0 amide bonds. The van der Waals surface area contributed by atoms with Crippen molar-refractivity contribution in [1.29, 1.82) is 5.26 Å². The van der Waals surface area contributed by atoms with Crippen molar-refractivity contribution in [3.05, 3.63) is 66.2 Å². The number of hydrogen-bond donors (Lipinski definition) is 1. The third kappa shape index (κ3) is 5.06. The number of piperazine rings is 1. The molecule has 0 aromatic carbocycles. The first kappa shape index (κ1) is 26.0. The van der Waals surface area contributed by atoms with Crippen molar-refractivity contribution in [2.75, 3.05) is 43.6 Å². The highest BCUT2D eigenvalue weighted by molar-refractivity contribution is 5.85. The lowest BCUT2D eigenvalue weighted by Crippen LogP contribution is -2.68. The normalized spacial score (nSPS) is 18.9. The van der Waals surface area contributed by atoms with Crippen molar-refractivity contribution in [3.8, 4) is 22.9 Å². The molecule has 40 heavy (non-hydrogen) atoms. The predicted octanol–water partition coefficient (Wildman–Crippen LogP) is 3.34. The fraction of sp³-hybridized carbons (Fsp3) is 0.400. The number of ether oxygens (including phenoxy) is 1. The van der Waals surface area contributed by atoms with Crippen LogP contribution in [0.5, 0.6) is 5.75 Å². The van der Waals surface area contributed by atoms with Crippen LogP contribution in [-0.4, -0.2) is 81.1 Å². The minimum atomic E-state index is -0.974. The van der Waals surface area contributed by atoms with Crippen molar-refractivity contribution in [3.63, 3.8) is 0 Å². The van der Waals surface area contributed by atoms with E-state index in [2.05, 4.69) is 44.2 Å². The van der Waals surface area contributed by atoms with Crippen molar-refractivity contribution >= 4 is 17.2 Å². The number of nitriles is 1. The molecule has 3 aliphatic heterocycles. The maximum atomic E-state index is 10.1. The Hall–Kier alpha value is -4.20. The zero-order chi connectivity index (χ0) is 28.0. The van der Waals surface area contributed by atoms with E-state index in [-0.39, 0.29) is 6.61 Å². The number of fused-ring (bicyclic) bond motifs is 3. The number of pyridine rings is 3. The first-order valence-corrected chi connectivity index (χ1v) is 13.5. The highest BCUT2D eigenvalue weighted by atomic mass is 16.5. The Bertz CT molecular complexity index is 1540. The van der Waals surface area contributed by atoms with Crippen LogP contribution in [0.25, 0.3) is 16.6 Å². The van der Waals surface area contributed by atoms with Gasteiger partial charge in [0, 0.05) is 69.3 Å². The lowest BCUT2D eigenvalue weighted by molar-refractivity contribution is -0.00875. The molecular formula is C30H34N8O2. The van der Waals surface area contributed by atoms with Crippen molar-refractivity contribution < 1.29 is 9.84 Å². The van der Waals surface area contributed by atoms with Crippen LogP contribution in [0, 0.1) is 11.3 Å². The van der Waals surface area contributed by atoms with E-state index < -0.39 is 5.60 Å². The summed E-state index contributed by atoms with van der Waals surface area (Å²) in [5, 5.41) is 24.1. The summed E-state index contributed by atoms with van der Waals surface area (Å²) in [4.78, 5) is 16.4. The molecule has 7 rings (SSSR count). The SMILES string of the molecule is CN(C)c1ccc(CN2C3CC2CN(c2ccc(-c4cc(OCC(C)(C)O)cn5ncc(C#N)c45)cn2)C3)cn1. The topological polar surface area (TPSA) is 106 Å². The Morgan fingerprint density at radius 2 is 1.90 bits per heavy atom. The van der Waals surface area contributed by atoms with E-state index in [1.807, 2.05) is 43.5 Å². The van der Waals surface area contributed by atoms with Gasteiger partial charge < -0.3 is 19.6 Å². The standard InChI is InChI=1S/C30H34N8O2/c1-30(2,39)19-40-25-10-26(29-22(11-31)14-34-38(29)18-25)21-6-8-28(33-13-21)36-16-23-9-24(17-36)37(23)15-20-5-7-27(32-12-20)35(3)4/h5-8,10,12-14,18,23-24,39H,9,15-17,19H2,1-4H3. The van der Waals surface area contributed by atoms with Crippen LogP contribution < -0.4 is 14.5 Å². The summed E-state index contributed by atoms with van der Waals surface area (Å²) in [7, 11) is 4.01. The zero-order valence-electron chi connectivity index (χ0n) is 23.3. The lowest BCUT2D eigenvalue weighted by Gasteiger charge is -2.56. The summed E-state index contributed by atoms with van der Waals surface area (Å²) < 4.78 is 7.51. The van der Waals surface area contributed by atoms with E-state index in [1.165, 1.54) is 12.0 Å². The number of piperidine rings is 1. The Morgan fingerprint density at radius 1 is 1.10 bits per heavy atom. The number of aliphatic hydroxyl groups is 1. The first-order valence-electron chi connectivity index (χ1n) is 13.5. The second kappa shape index (κ2) is 10.1. The Kier molecular flexibility index (Phi) is 6.56. The molecule has 0 saturated carbocycles. The fourth-order valence-corrected chi connectivity index (χ4v) is 5.59. The second-order valence-electron chi connectivity index (χ2n) is 11.6. The fourth-order valence-electron chi connectivity index (χ4n) is 5.59. The second-order valence-corrected chi connectivity index (χ2v) is 11.6. The molecule has 10 nitrogen and oxygen atoms in total. The van der Waals surface area contributed by atoms with Gasteiger partial charge in [0.15, 0.2) is 0 Å². The molecule has 10 heteroatoms. The van der Waals surface area contributed by atoms with Gasteiger partial charge in [-0.15, -0.1) is 0 Å². The summed E-state index contributed by atoms with van der Waals surface area (Å²) in [5.74, 6) is 2.48. The first-order chi connectivity index (χ1) is 19.2. The van der Waals surface area contributed by atoms with Crippen LogP contribution in [0.4, 0.5) is 11.6 Å². The van der Waals surface area contributed by atoms with Crippen molar-refractivity contribution in [1.82, 2.24) is 24.5 Å². The monoisotopic (exact) mass is 538 g/mol. The van der Waals surface area contributed by atoms with Crippen LogP contribution in [0.2, 0.25) is 0 Å². The molecule has 4 aromatic heterocycles. The Balaban J connectivity index is 1.18. The third-order valence-corrected chi connectivity index (χ3v) is 7.66. The Morgan fingerprint density at radius 3 is 2.52 bits per heavy atom. The van der Waals surface area contributed by atoms with Gasteiger partial charge in [-0.1, -0.05) is 6.07 Å². The molecule has 3 aliphatic rings. The molecule has 0 radical (unpaired) electrons. The number of anilines is 2. The molecule has 206 valence electrons. The minimum Gasteiger partial charge on any atom is -0.489 e. The number of nitrogens with zero attached hydrogens (tertiary/aromatic N) is 8. The van der Waals surface area contributed by atoms with Crippen LogP contribution in [-0.2, 0) is 6.54 Å². The predicted molar refractivity (Wildman–Crippen MR) is 153 cm³/mol. The van der Waals surface area contributed by atoms with Gasteiger partial charge >= 0.3 is 0 Å². The summed E-state index contributed by atoms with van der Waals surface area (Å²) in [5.41, 5.74) is 3.14. The highest BCUT2D eigenvalue weighted by Gasteiger charge is 2.44. The smallest absolute Gasteiger partial charge is 0.138 e. The number of hydrogen-bond acceptors (Lipinski definition) is 9. The van der Waals surface area contributed by atoms with Gasteiger partial charge in [-0.05, 0) is 50.1 Å². The molecule has 3 saturated heterocycles. The quantitative estimate of drug-likeness (QED) is 0.362. The summed E-state index contributed by atoms with van der Waals surface area (Å²) >= 11 is 0. The van der Waals surface area contributed by atoms with E-state index in [0.717, 1.165) is 42.4 Å². The van der Waals surface area contributed by atoms with E-state index in [0.29, 0.717) is 28.9 Å².